The number of carbonyl (C=O) groups is 1. The number of nitrogens with zero attached hydrogens (tertiary/aromatic N) is 1. The summed E-state index contributed by atoms with van der Waals surface area (Å²) in [4.78, 5) is 14.5. The number of aromatic nitrogens is 1. The van der Waals surface area contributed by atoms with Gasteiger partial charge in [-0.05, 0) is 29.7 Å². The minimum absolute atomic E-state index is 0.436. The molecule has 3 nitrogen and oxygen atoms in total. The molecule has 0 unspecified atom stereocenters. The molecule has 3 heteroatoms. The van der Waals surface area contributed by atoms with Gasteiger partial charge < -0.3 is 4.74 Å². The van der Waals surface area contributed by atoms with E-state index in [1.165, 1.54) is 0 Å². The number of methoxy groups -OCH3 is 1. The molecule has 0 aliphatic carbocycles. The van der Waals surface area contributed by atoms with Crippen molar-refractivity contribution in [3.05, 3.63) is 36.2 Å². The second kappa shape index (κ2) is 3.46. The zero-order valence-electron chi connectivity index (χ0n) is 7.73. The number of hydrogen-bond acceptors (Lipinski definition) is 3. The molecule has 0 radical (unpaired) electrons. The molecule has 0 spiro atoms. The molecule has 1 aromatic heterocycles. The lowest BCUT2D eigenvalue weighted by atomic mass is 10.1. The van der Waals surface area contributed by atoms with Gasteiger partial charge in [-0.1, -0.05) is 0 Å². The van der Waals surface area contributed by atoms with Gasteiger partial charge >= 0.3 is 0 Å². The summed E-state index contributed by atoms with van der Waals surface area (Å²) in [5.74, 6) is 0.778. The van der Waals surface area contributed by atoms with Crippen molar-refractivity contribution in [1.82, 2.24) is 4.98 Å². The van der Waals surface area contributed by atoms with Crippen LogP contribution in [-0.2, 0) is 0 Å². The maximum Gasteiger partial charge on any atom is 0.168 e. The van der Waals surface area contributed by atoms with Crippen LogP contribution in [0, 0.1) is 0 Å². The second-order valence-corrected chi connectivity index (χ2v) is 2.94. The normalized spacial score (nSPS) is 10.1. The lowest BCUT2D eigenvalue weighted by Crippen LogP contribution is -1.87. The van der Waals surface area contributed by atoms with Crippen molar-refractivity contribution in [2.24, 2.45) is 0 Å². The van der Waals surface area contributed by atoms with E-state index in [0.29, 0.717) is 5.69 Å². The Kier molecular flexibility index (Phi) is 2.14. The van der Waals surface area contributed by atoms with Crippen LogP contribution in [0.5, 0.6) is 5.75 Å². The largest absolute Gasteiger partial charge is 0.497 e. The second-order valence-electron chi connectivity index (χ2n) is 2.94. The van der Waals surface area contributed by atoms with Crippen LogP contribution in [-0.4, -0.2) is 18.4 Å². The van der Waals surface area contributed by atoms with E-state index in [1.54, 1.807) is 19.4 Å². The molecule has 2 rings (SSSR count). The number of carbonyl (C=O) groups excluding carboxylic acids is 1. The topological polar surface area (TPSA) is 39.2 Å². The fourth-order valence-corrected chi connectivity index (χ4v) is 1.33. The number of fused-ring (bicyclic) bond motifs is 1. The fourth-order valence-electron chi connectivity index (χ4n) is 1.33. The Bertz CT molecular complexity index is 480. The van der Waals surface area contributed by atoms with E-state index in [1.807, 2.05) is 18.2 Å². The first-order valence-electron chi connectivity index (χ1n) is 4.22. The maximum absolute atomic E-state index is 10.5. The monoisotopic (exact) mass is 187 g/mol. The fraction of sp³-hybridized carbons (Fsp3) is 0.0909. The highest BCUT2D eigenvalue weighted by atomic mass is 16.5. The predicted molar refractivity (Wildman–Crippen MR) is 53.7 cm³/mol. The van der Waals surface area contributed by atoms with E-state index in [-0.39, 0.29) is 0 Å². The smallest absolute Gasteiger partial charge is 0.168 e. The van der Waals surface area contributed by atoms with Gasteiger partial charge in [-0.25, -0.2) is 0 Å². The molecule has 0 N–H and O–H groups in total. The highest BCUT2D eigenvalue weighted by molar-refractivity contribution is 5.87. The number of hydrogen-bond donors (Lipinski definition) is 0. The van der Waals surface area contributed by atoms with Crippen molar-refractivity contribution in [2.45, 2.75) is 0 Å². The molecule has 0 aliphatic heterocycles. The van der Waals surface area contributed by atoms with Gasteiger partial charge in [-0.3, -0.25) is 9.78 Å². The molecule has 0 saturated heterocycles. The molecule has 1 heterocycles. The third-order valence-corrected chi connectivity index (χ3v) is 2.07. The van der Waals surface area contributed by atoms with E-state index in [4.69, 9.17) is 4.74 Å². The Morgan fingerprint density at radius 3 is 2.86 bits per heavy atom. The van der Waals surface area contributed by atoms with Crippen LogP contribution in [0.2, 0.25) is 0 Å². The first kappa shape index (κ1) is 8.69. The van der Waals surface area contributed by atoms with E-state index < -0.39 is 0 Å². The summed E-state index contributed by atoms with van der Waals surface area (Å²) in [5.41, 5.74) is 0.436. The number of aldehydes is 1. The quantitative estimate of drug-likeness (QED) is 0.675. The summed E-state index contributed by atoms with van der Waals surface area (Å²) in [6.07, 6.45) is 2.41. The number of ether oxygens (including phenoxy) is 1. The molecule has 0 atom stereocenters. The van der Waals surface area contributed by atoms with Gasteiger partial charge in [0.25, 0.3) is 0 Å². The molecule has 0 aliphatic rings. The highest BCUT2D eigenvalue weighted by Crippen LogP contribution is 2.20. The Morgan fingerprint density at radius 2 is 2.14 bits per heavy atom. The van der Waals surface area contributed by atoms with Crippen molar-refractivity contribution in [3.63, 3.8) is 0 Å². The van der Waals surface area contributed by atoms with E-state index in [2.05, 4.69) is 4.98 Å². The van der Waals surface area contributed by atoms with Crippen molar-refractivity contribution in [2.75, 3.05) is 7.11 Å². The first-order valence-corrected chi connectivity index (χ1v) is 4.22. The first-order chi connectivity index (χ1) is 6.83. The molecule has 0 saturated carbocycles. The van der Waals surface area contributed by atoms with Crippen molar-refractivity contribution in [1.29, 1.82) is 0 Å². The van der Waals surface area contributed by atoms with Gasteiger partial charge in [-0.15, -0.1) is 0 Å². The van der Waals surface area contributed by atoms with Gasteiger partial charge in [0.15, 0.2) is 6.29 Å². The molecule has 0 bridgehead atoms. The lowest BCUT2D eigenvalue weighted by molar-refractivity contribution is 0.111. The molecule has 2 aromatic rings. The van der Waals surface area contributed by atoms with Crippen LogP contribution < -0.4 is 4.74 Å². The summed E-state index contributed by atoms with van der Waals surface area (Å²) >= 11 is 0. The SMILES string of the molecule is COc1ccc2cnc(C=O)cc2c1. The molecule has 70 valence electrons. The maximum atomic E-state index is 10.5. The molecule has 0 amide bonds. The van der Waals surface area contributed by atoms with Crippen LogP contribution in [0.4, 0.5) is 0 Å². The third kappa shape index (κ3) is 1.44. The van der Waals surface area contributed by atoms with Gasteiger partial charge in [0.05, 0.1) is 7.11 Å². The van der Waals surface area contributed by atoms with E-state index >= 15 is 0 Å². The molecule has 0 fully saturated rings. The lowest BCUT2D eigenvalue weighted by Gasteiger charge is -2.01. The van der Waals surface area contributed by atoms with Gasteiger partial charge in [0.1, 0.15) is 11.4 Å². The predicted octanol–water partition coefficient (Wildman–Crippen LogP) is 2.06. The Balaban J connectivity index is 2.65. The Labute approximate surface area is 81.3 Å². The van der Waals surface area contributed by atoms with Crippen molar-refractivity contribution >= 4 is 17.1 Å². The zero-order valence-corrected chi connectivity index (χ0v) is 7.73. The molecule has 14 heavy (non-hydrogen) atoms. The summed E-state index contributed by atoms with van der Waals surface area (Å²) in [6.45, 7) is 0. The Hall–Kier alpha value is -1.90. The zero-order chi connectivity index (χ0) is 9.97. The van der Waals surface area contributed by atoms with Gasteiger partial charge in [-0.2, -0.15) is 0 Å². The van der Waals surface area contributed by atoms with Crippen LogP contribution >= 0.6 is 0 Å². The molecule has 1 aromatic carbocycles. The minimum Gasteiger partial charge on any atom is -0.497 e. The minimum atomic E-state index is 0.436. The number of rotatable bonds is 2. The van der Waals surface area contributed by atoms with Crippen molar-refractivity contribution < 1.29 is 9.53 Å². The molecular weight excluding hydrogens is 178 g/mol. The van der Waals surface area contributed by atoms with Crippen LogP contribution in [0.3, 0.4) is 0 Å². The Morgan fingerprint density at radius 1 is 1.29 bits per heavy atom. The van der Waals surface area contributed by atoms with E-state index in [0.717, 1.165) is 22.8 Å². The van der Waals surface area contributed by atoms with Gasteiger partial charge in [0.2, 0.25) is 0 Å². The van der Waals surface area contributed by atoms with Crippen molar-refractivity contribution in [3.8, 4) is 5.75 Å². The standard InChI is InChI=1S/C11H9NO2/c1-14-11-3-2-8-6-12-10(7-13)4-9(8)5-11/h2-7H,1H3. The summed E-state index contributed by atoms with van der Waals surface area (Å²) < 4.78 is 5.09. The van der Waals surface area contributed by atoms with E-state index in [9.17, 15) is 4.79 Å². The third-order valence-electron chi connectivity index (χ3n) is 2.07. The number of benzene rings is 1. The van der Waals surface area contributed by atoms with Gasteiger partial charge in [0, 0.05) is 11.6 Å². The van der Waals surface area contributed by atoms with Crippen LogP contribution in [0.15, 0.2) is 30.5 Å². The number of pyridine rings is 1. The average Bonchev–Trinajstić information content (AvgIpc) is 2.27. The van der Waals surface area contributed by atoms with Crippen LogP contribution in [0.25, 0.3) is 10.8 Å². The average molecular weight is 187 g/mol. The van der Waals surface area contributed by atoms with Crippen LogP contribution in [0.1, 0.15) is 10.5 Å². The summed E-state index contributed by atoms with van der Waals surface area (Å²) in [6, 6.07) is 7.40. The summed E-state index contributed by atoms with van der Waals surface area (Å²) in [7, 11) is 1.61. The molecular formula is C11H9NO2. The summed E-state index contributed by atoms with van der Waals surface area (Å²) in [5, 5.41) is 1.96. The highest BCUT2D eigenvalue weighted by Gasteiger charge is 1.98.